The van der Waals surface area contributed by atoms with Crippen molar-refractivity contribution in [3.05, 3.63) is 75.8 Å². The van der Waals surface area contributed by atoms with Crippen LogP contribution < -0.4 is 5.56 Å². The summed E-state index contributed by atoms with van der Waals surface area (Å²) >= 11 is 0. The van der Waals surface area contributed by atoms with Gasteiger partial charge in [-0.25, -0.2) is 9.98 Å². The normalized spacial score (nSPS) is 19.2. The van der Waals surface area contributed by atoms with Crippen molar-refractivity contribution in [1.82, 2.24) is 24.4 Å². The van der Waals surface area contributed by atoms with Gasteiger partial charge in [0.05, 0.1) is 12.9 Å². The van der Waals surface area contributed by atoms with Crippen LogP contribution in [-0.2, 0) is 18.0 Å². The average Bonchev–Trinajstić information content (AvgIpc) is 3.69. The van der Waals surface area contributed by atoms with E-state index in [1.807, 2.05) is 42.9 Å². The first-order valence-electron chi connectivity index (χ1n) is 21.9. The van der Waals surface area contributed by atoms with Crippen LogP contribution in [0.3, 0.4) is 0 Å². The van der Waals surface area contributed by atoms with Crippen LogP contribution in [0.4, 0.5) is 5.95 Å². The zero-order chi connectivity index (χ0) is 46.7. The number of aromatic amines is 1. The molecule has 3 heterocycles. The number of nitrogens with zero attached hydrogens (tertiary/aromatic N) is 5. The smallest absolute Gasteiger partial charge is 0.280 e. The number of aromatic nitrogens is 4. The lowest BCUT2D eigenvalue weighted by Gasteiger charge is -2.44. The molecular formula is C49H68N6O5Si3. The van der Waals surface area contributed by atoms with Gasteiger partial charge >= 0.3 is 0 Å². The third-order valence-electron chi connectivity index (χ3n) is 13.7. The van der Waals surface area contributed by atoms with E-state index >= 15 is 0 Å². The largest absolute Gasteiger partial charge is 0.414 e. The molecule has 3 aromatic carbocycles. The summed E-state index contributed by atoms with van der Waals surface area (Å²) in [5, 5.41) is 3.68. The van der Waals surface area contributed by atoms with Crippen molar-refractivity contribution in [3.8, 4) is 24.2 Å². The molecule has 336 valence electrons. The van der Waals surface area contributed by atoms with Gasteiger partial charge in [0.1, 0.15) is 18.3 Å². The first-order valence-corrected chi connectivity index (χ1v) is 30.6. The van der Waals surface area contributed by atoms with Gasteiger partial charge in [-0.05, 0) is 106 Å². The van der Waals surface area contributed by atoms with E-state index in [9.17, 15) is 4.79 Å². The number of benzene rings is 3. The van der Waals surface area contributed by atoms with E-state index in [2.05, 4.69) is 154 Å². The maximum absolute atomic E-state index is 14.0. The summed E-state index contributed by atoms with van der Waals surface area (Å²) in [5.41, 5.74) is 1.53. The molecular weight excluding hydrogens is 837 g/mol. The molecule has 1 aliphatic rings. The van der Waals surface area contributed by atoms with Crippen molar-refractivity contribution in [2.75, 3.05) is 20.7 Å². The first kappa shape index (κ1) is 48.1. The fraction of sp³-hybridized carbons (Fsp3) is 0.510. The molecule has 5 aromatic rings. The van der Waals surface area contributed by atoms with E-state index in [4.69, 9.17) is 34.4 Å². The molecule has 11 nitrogen and oxygen atoms in total. The number of hydrogen-bond acceptors (Lipinski definition) is 8. The summed E-state index contributed by atoms with van der Waals surface area (Å²) in [4.78, 5) is 33.0. The minimum atomic E-state index is -2.55. The molecule has 1 fully saturated rings. The number of fused-ring (bicyclic) bond motifs is 3. The van der Waals surface area contributed by atoms with Crippen molar-refractivity contribution in [3.63, 3.8) is 0 Å². The van der Waals surface area contributed by atoms with Gasteiger partial charge in [-0.15, -0.1) is 6.42 Å². The van der Waals surface area contributed by atoms with E-state index in [1.54, 1.807) is 11.2 Å². The molecule has 0 bridgehead atoms. The summed E-state index contributed by atoms with van der Waals surface area (Å²) in [6, 6.07) is 16.3. The average molecular weight is 905 g/mol. The van der Waals surface area contributed by atoms with Gasteiger partial charge in [0, 0.05) is 25.2 Å². The molecule has 0 saturated carbocycles. The third-order valence-corrected chi connectivity index (χ3v) is 27.2. The van der Waals surface area contributed by atoms with Crippen molar-refractivity contribution in [2.45, 2.75) is 141 Å². The van der Waals surface area contributed by atoms with E-state index in [0.717, 1.165) is 32.7 Å². The Labute approximate surface area is 377 Å². The van der Waals surface area contributed by atoms with Crippen LogP contribution in [0.2, 0.25) is 54.4 Å². The molecule has 2 aromatic heterocycles. The Morgan fingerprint density at radius 3 is 1.92 bits per heavy atom. The van der Waals surface area contributed by atoms with Crippen molar-refractivity contribution >= 4 is 69.9 Å². The summed E-state index contributed by atoms with van der Waals surface area (Å²) in [6.45, 7) is 33.9. The van der Waals surface area contributed by atoms with E-state index in [-0.39, 0.29) is 32.2 Å². The van der Waals surface area contributed by atoms with E-state index in [0.29, 0.717) is 12.4 Å². The zero-order valence-electron chi connectivity index (χ0n) is 40.6. The van der Waals surface area contributed by atoms with Crippen molar-refractivity contribution in [1.29, 1.82) is 0 Å². The Kier molecular flexibility index (Phi) is 13.1. The molecule has 1 N–H and O–H groups in total. The van der Waals surface area contributed by atoms with Gasteiger partial charge in [0.25, 0.3) is 5.56 Å². The highest BCUT2D eigenvalue weighted by atomic mass is 28.4. The molecule has 0 unspecified atom stereocenters. The number of ether oxygens (including phenoxy) is 1. The Balaban J connectivity index is 1.63. The second-order valence-corrected chi connectivity index (χ2v) is 36.0. The lowest BCUT2D eigenvalue weighted by Crippen LogP contribution is -2.54. The molecule has 0 amide bonds. The number of nitrogens with one attached hydrogen (secondary N) is 1. The van der Waals surface area contributed by atoms with Crippen LogP contribution in [0.25, 0.3) is 32.7 Å². The Hall–Kier alpha value is -4.39. The fourth-order valence-electron chi connectivity index (χ4n) is 6.80. The lowest BCUT2D eigenvalue weighted by molar-refractivity contribution is -0.0473. The second kappa shape index (κ2) is 17.2. The number of rotatable bonds is 10. The summed E-state index contributed by atoms with van der Waals surface area (Å²) in [5.74, 6) is 10.1. The molecule has 1 aliphatic heterocycles. The Bertz CT molecular complexity index is 2720. The summed E-state index contributed by atoms with van der Waals surface area (Å²) in [7, 11) is -3.57. The van der Waals surface area contributed by atoms with Crippen LogP contribution in [-0.4, -0.2) is 94.7 Å². The van der Waals surface area contributed by atoms with Crippen LogP contribution in [0.15, 0.2) is 58.3 Å². The van der Waals surface area contributed by atoms with Crippen LogP contribution in [0.1, 0.15) is 85.5 Å². The number of imidazole rings is 1. The van der Waals surface area contributed by atoms with Crippen LogP contribution in [0, 0.1) is 24.2 Å². The van der Waals surface area contributed by atoms with E-state index < -0.39 is 55.1 Å². The summed E-state index contributed by atoms with van der Waals surface area (Å²) in [6.07, 6.45) is 4.97. The van der Waals surface area contributed by atoms with Gasteiger partial charge in [-0.2, -0.15) is 4.98 Å². The van der Waals surface area contributed by atoms with E-state index in [1.165, 1.54) is 0 Å². The standard InChI is InChI=1S/C49H68N6O5Si3/c1-19-32-22-20-24-34-28-35-25-21-23-33(37(35)29-36(32)34)26-27-39-51-40-43(52-46(53-44(40)56)50-31-54(11)12)55(39)45-42(60-63(17,18)49(8,9)10)41(59-62(15,16)48(5,6)7)38(58-45)30-57-61(13,14)47(2,3)4/h1,20-25,28-29,31,38,41-42,45H,30H2,2-18H3,(H,52,53,56)/b50-31+/t38-,41-,42-,45-/m1/s1. The Morgan fingerprint density at radius 2 is 1.37 bits per heavy atom. The molecule has 0 aliphatic carbocycles. The number of hydrogen-bond donors (Lipinski definition) is 1. The van der Waals surface area contributed by atoms with Gasteiger partial charge < -0.3 is 22.9 Å². The maximum atomic E-state index is 14.0. The number of aliphatic imine (C=N–C) groups is 1. The SMILES string of the molecule is C#Cc1cccc2cc3cccc(C#Cc4nc5c(=O)[nH]c(/N=C/N(C)C)nc5n4[C@@H]4O[C@H](CO[Si](C)(C)C(C)(C)C)[C@@H](O[Si](C)(C)C(C)(C)C)[C@H]4O[Si](C)(C)C(C)(C)C)c3cc12. The fourth-order valence-corrected chi connectivity index (χ4v) is 10.4. The molecule has 0 spiro atoms. The predicted molar refractivity (Wildman–Crippen MR) is 267 cm³/mol. The van der Waals surface area contributed by atoms with Gasteiger partial charge in [0.2, 0.25) is 5.95 Å². The van der Waals surface area contributed by atoms with Gasteiger partial charge in [-0.3, -0.25) is 14.3 Å². The highest BCUT2D eigenvalue weighted by molar-refractivity contribution is 6.75. The zero-order valence-corrected chi connectivity index (χ0v) is 43.6. The minimum absolute atomic E-state index is 0.0359. The lowest BCUT2D eigenvalue weighted by atomic mass is 9.97. The highest BCUT2D eigenvalue weighted by Crippen LogP contribution is 2.47. The van der Waals surface area contributed by atoms with Crippen molar-refractivity contribution in [2.24, 2.45) is 4.99 Å². The molecule has 4 atom stereocenters. The van der Waals surface area contributed by atoms with Crippen LogP contribution in [0.5, 0.6) is 0 Å². The quantitative estimate of drug-likeness (QED) is 0.0484. The van der Waals surface area contributed by atoms with Gasteiger partial charge in [-0.1, -0.05) is 98.4 Å². The molecule has 63 heavy (non-hydrogen) atoms. The molecule has 6 rings (SSSR count). The molecule has 0 radical (unpaired) electrons. The maximum Gasteiger partial charge on any atom is 0.280 e. The monoisotopic (exact) mass is 904 g/mol. The van der Waals surface area contributed by atoms with Crippen LogP contribution >= 0.6 is 0 Å². The first-order chi connectivity index (χ1) is 29.0. The highest BCUT2D eigenvalue weighted by Gasteiger charge is 2.55. The third kappa shape index (κ3) is 9.83. The van der Waals surface area contributed by atoms with Crippen molar-refractivity contribution < 1.29 is 18.0 Å². The minimum Gasteiger partial charge on any atom is -0.414 e. The topological polar surface area (TPSA) is 116 Å². The second-order valence-electron chi connectivity index (χ2n) is 21.7. The Morgan fingerprint density at radius 1 is 0.810 bits per heavy atom. The molecule has 14 heteroatoms. The number of H-pyrrole nitrogens is 1. The predicted octanol–water partition coefficient (Wildman–Crippen LogP) is 10.7. The summed E-state index contributed by atoms with van der Waals surface area (Å²) < 4.78 is 31.1. The number of terminal acetylenes is 1. The molecule has 1 saturated heterocycles. The van der Waals surface area contributed by atoms with Gasteiger partial charge in [0.15, 0.2) is 48.2 Å².